The average Bonchev–Trinajstić information content (AvgIpc) is 3.08. The minimum atomic E-state index is 1.17. The smallest absolute Gasteiger partial charge is 0.0178 e. The van der Waals surface area contributed by atoms with Crippen molar-refractivity contribution in [2.45, 2.75) is 70.6 Å². The molecule has 0 amide bonds. The molecule has 2 heterocycles. The summed E-state index contributed by atoms with van der Waals surface area (Å²) in [5.41, 5.74) is 1.63. The molecule has 0 spiro atoms. The third kappa shape index (κ3) is 2.92. The Bertz CT molecular complexity index is 282. The maximum atomic E-state index is 2.53. The van der Waals surface area contributed by atoms with Crippen molar-refractivity contribution < 1.29 is 0 Å². The van der Waals surface area contributed by atoms with Crippen LogP contribution in [0, 0.1) is 11.8 Å². The molecule has 0 bridgehead atoms. The second-order valence-electron chi connectivity index (χ2n) is 6.66. The normalized spacial score (nSPS) is 34.2. The van der Waals surface area contributed by atoms with Crippen molar-refractivity contribution in [2.75, 3.05) is 13.1 Å². The lowest BCUT2D eigenvalue weighted by Gasteiger charge is -2.24. The van der Waals surface area contributed by atoms with Crippen LogP contribution in [0.3, 0.4) is 0 Å². The van der Waals surface area contributed by atoms with Crippen LogP contribution in [-0.2, 0) is 0 Å². The van der Waals surface area contributed by atoms with Gasteiger partial charge in [-0.1, -0.05) is 51.0 Å². The largest absolute Gasteiger partial charge is 0.375 e. The summed E-state index contributed by atoms with van der Waals surface area (Å²) in [6, 6.07) is 0. The fourth-order valence-electron chi connectivity index (χ4n) is 4.48. The molecule has 102 valence electrons. The van der Waals surface area contributed by atoms with E-state index in [1.807, 2.05) is 0 Å². The first kappa shape index (κ1) is 12.6. The molecule has 1 saturated heterocycles. The van der Waals surface area contributed by atoms with Crippen molar-refractivity contribution in [1.82, 2.24) is 4.90 Å². The molecule has 2 atom stereocenters. The number of nitrogens with zero attached hydrogens (tertiary/aromatic N) is 1. The molecule has 2 aliphatic heterocycles. The maximum absolute atomic E-state index is 2.53. The van der Waals surface area contributed by atoms with Crippen molar-refractivity contribution in [3.8, 4) is 0 Å². The third-order valence-electron chi connectivity index (χ3n) is 5.50. The average molecular weight is 247 g/mol. The first-order valence-electron chi connectivity index (χ1n) is 8.37. The van der Waals surface area contributed by atoms with Gasteiger partial charge in [0.1, 0.15) is 0 Å². The van der Waals surface area contributed by atoms with Crippen molar-refractivity contribution in [2.24, 2.45) is 11.8 Å². The Morgan fingerprint density at radius 3 is 2.17 bits per heavy atom. The molecule has 0 aromatic heterocycles. The van der Waals surface area contributed by atoms with Gasteiger partial charge in [0.15, 0.2) is 0 Å². The fraction of sp³-hybridized carbons (Fsp3) is 0.882. The lowest BCUT2D eigenvalue weighted by molar-refractivity contribution is 0.277. The summed E-state index contributed by atoms with van der Waals surface area (Å²) in [5.74, 6) is 2.33. The van der Waals surface area contributed by atoms with Crippen LogP contribution in [0.25, 0.3) is 0 Å². The van der Waals surface area contributed by atoms with Crippen LogP contribution in [0.15, 0.2) is 11.8 Å². The highest BCUT2D eigenvalue weighted by molar-refractivity contribution is 5.08. The monoisotopic (exact) mass is 247 g/mol. The van der Waals surface area contributed by atoms with Gasteiger partial charge in [0.25, 0.3) is 0 Å². The minimum Gasteiger partial charge on any atom is -0.375 e. The van der Waals surface area contributed by atoms with Crippen molar-refractivity contribution in [3.05, 3.63) is 11.8 Å². The SMILES string of the molecule is C1=C2CCCN2CCC1.C1CCC2CCCC2C1. The van der Waals surface area contributed by atoms with Gasteiger partial charge in [0.2, 0.25) is 0 Å². The molecular formula is C17H29N. The first-order chi connectivity index (χ1) is 8.93. The summed E-state index contributed by atoms with van der Waals surface area (Å²) >= 11 is 0. The molecule has 1 heteroatoms. The molecular weight excluding hydrogens is 218 g/mol. The van der Waals surface area contributed by atoms with Crippen molar-refractivity contribution in [1.29, 1.82) is 0 Å². The molecule has 2 saturated carbocycles. The van der Waals surface area contributed by atoms with Gasteiger partial charge in [-0.15, -0.1) is 0 Å². The lowest BCUT2D eigenvalue weighted by atomic mass is 9.82. The summed E-state index contributed by atoms with van der Waals surface area (Å²) in [4.78, 5) is 2.53. The van der Waals surface area contributed by atoms with E-state index in [4.69, 9.17) is 0 Å². The Morgan fingerprint density at radius 1 is 0.778 bits per heavy atom. The summed E-state index contributed by atoms with van der Waals surface area (Å²) < 4.78 is 0. The minimum absolute atomic E-state index is 1.17. The Balaban J connectivity index is 0.000000111. The number of hydrogen-bond donors (Lipinski definition) is 0. The standard InChI is InChI=1S/C9H16.C8H13N/c1-2-5-9-7-3-6-8(9)4-1;1-2-6-9-7-3-5-8(9)4-1/h8-9H,1-7H2;4H,1-3,5-7H2. The van der Waals surface area contributed by atoms with Crippen LogP contribution < -0.4 is 0 Å². The van der Waals surface area contributed by atoms with Crippen LogP contribution >= 0.6 is 0 Å². The predicted octanol–water partition coefficient (Wildman–Crippen LogP) is 4.74. The fourth-order valence-corrected chi connectivity index (χ4v) is 4.48. The van der Waals surface area contributed by atoms with Crippen LogP contribution in [0.5, 0.6) is 0 Å². The van der Waals surface area contributed by atoms with Crippen molar-refractivity contribution in [3.63, 3.8) is 0 Å². The predicted molar refractivity (Wildman–Crippen MR) is 77.4 cm³/mol. The molecule has 1 nitrogen and oxygen atoms in total. The van der Waals surface area contributed by atoms with Gasteiger partial charge in [-0.25, -0.2) is 0 Å². The Labute approximate surface area is 113 Å². The van der Waals surface area contributed by atoms with Gasteiger partial charge in [-0.2, -0.15) is 0 Å². The highest BCUT2D eigenvalue weighted by Crippen LogP contribution is 2.41. The molecule has 0 aromatic carbocycles. The Hall–Kier alpha value is -0.460. The van der Waals surface area contributed by atoms with Gasteiger partial charge in [0.05, 0.1) is 0 Å². The van der Waals surface area contributed by atoms with Gasteiger partial charge < -0.3 is 4.90 Å². The molecule has 4 aliphatic rings. The maximum Gasteiger partial charge on any atom is 0.0178 e. The highest BCUT2D eigenvalue weighted by Gasteiger charge is 2.28. The number of fused-ring (bicyclic) bond motifs is 2. The van der Waals surface area contributed by atoms with Crippen LogP contribution in [0.1, 0.15) is 70.6 Å². The van der Waals surface area contributed by atoms with Crippen LogP contribution in [0.2, 0.25) is 0 Å². The molecule has 2 aliphatic carbocycles. The summed E-state index contributed by atoms with van der Waals surface area (Å²) in [5, 5.41) is 0. The number of hydrogen-bond acceptors (Lipinski definition) is 1. The summed E-state index contributed by atoms with van der Waals surface area (Å²) in [7, 11) is 0. The number of allylic oxidation sites excluding steroid dienone is 2. The Morgan fingerprint density at radius 2 is 1.44 bits per heavy atom. The summed E-state index contributed by atoms with van der Waals surface area (Å²) in [6.07, 6.45) is 18.7. The van der Waals surface area contributed by atoms with E-state index in [0.717, 1.165) is 0 Å². The second-order valence-corrected chi connectivity index (χ2v) is 6.66. The van der Waals surface area contributed by atoms with Gasteiger partial charge >= 0.3 is 0 Å². The highest BCUT2D eigenvalue weighted by atomic mass is 15.2. The third-order valence-corrected chi connectivity index (χ3v) is 5.50. The van der Waals surface area contributed by atoms with Crippen LogP contribution in [-0.4, -0.2) is 18.0 Å². The molecule has 18 heavy (non-hydrogen) atoms. The van der Waals surface area contributed by atoms with E-state index in [1.165, 1.54) is 69.9 Å². The second kappa shape index (κ2) is 6.12. The topological polar surface area (TPSA) is 3.24 Å². The lowest BCUT2D eigenvalue weighted by Crippen LogP contribution is -2.21. The van der Waals surface area contributed by atoms with Crippen LogP contribution in [0.4, 0.5) is 0 Å². The van der Waals surface area contributed by atoms with Crippen molar-refractivity contribution >= 4 is 0 Å². The zero-order valence-electron chi connectivity index (χ0n) is 11.9. The quantitative estimate of drug-likeness (QED) is 0.598. The first-order valence-corrected chi connectivity index (χ1v) is 8.37. The zero-order valence-corrected chi connectivity index (χ0v) is 11.9. The van der Waals surface area contributed by atoms with E-state index in [9.17, 15) is 0 Å². The Kier molecular flexibility index (Phi) is 4.28. The van der Waals surface area contributed by atoms with Gasteiger partial charge in [0, 0.05) is 18.8 Å². The molecule has 2 unspecified atom stereocenters. The van der Waals surface area contributed by atoms with Gasteiger partial charge in [-0.05, 0) is 37.5 Å². The molecule has 0 radical (unpaired) electrons. The molecule has 3 fully saturated rings. The van der Waals surface area contributed by atoms with Gasteiger partial charge in [-0.3, -0.25) is 0 Å². The van der Waals surface area contributed by atoms with E-state index in [0.29, 0.717) is 0 Å². The number of rotatable bonds is 0. The van der Waals surface area contributed by atoms with E-state index < -0.39 is 0 Å². The zero-order chi connectivity index (χ0) is 12.2. The molecule has 0 N–H and O–H groups in total. The summed E-state index contributed by atoms with van der Waals surface area (Å²) in [6.45, 7) is 2.65. The van der Waals surface area contributed by atoms with E-state index in [-0.39, 0.29) is 0 Å². The van der Waals surface area contributed by atoms with E-state index in [2.05, 4.69) is 11.0 Å². The molecule has 0 aromatic rings. The van der Waals surface area contributed by atoms with E-state index >= 15 is 0 Å². The molecule has 4 rings (SSSR count). The van der Waals surface area contributed by atoms with E-state index in [1.54, 1.807) is 31.4 Å².